The average Bonchev–Trinajstić information content (AvgIpc) is 3.28. The molecule has 10 atom stereocenters. The number of fused-ring (bicyclic) bond motifs is 7. The first kappa shape index (κ1) is 25.9. The molecule has 1 N–H and O–H groups in total. The van der Waals surface area contributed by atoms with Gasteiger partial charge in [-0.1, -0.05) is 27.2 Å². The molecule has 0 bridgehead atoms. The Labute approximate surface area is 209 Å². The number of hydrogen-bond donors (Lipinski definition) is 1. The van der Waals surface area contributed by atoms with E-state index in [0.29, 0.717) is 6.42 Å². The van der Waals surface area contributed by atoms with Crippen molar-refractivity contribution in [1.29, 1.82) is 0 Å². The van der Waals surface area contributed by atoms with Crippen LogP contribution in [0.5, 0.6) is 0 Å². The number of ketones is 2. The van der Waals surface area contributed by atoms with E-state index in [4.69, 9.17) is 14.2 Å². The number of Topliss-reactive ketones (excluding diaryl/α,β-unsaturated/α-hetero) is 1. The summed E-state index contributed by atoms with van der Waals surface area (Å²) in [6, 6.07) is 0. The summed E-state index contributed by atoms with van der Waals surface area (Å²) in [5.74, 6) is -2.74. The van der Waals surface area contributed by atoms with Gasteiger partial charge in [-0.15, -0.1) is 0 Å². The van der Waals surface area contributed by atoms with Crippen LogP contribution in [0.25, 0.3) is 0 Å². The second-order valence-electron chi connectivity index (χ2n) is 11.9. The number of hydrogen-bond acceptors (Lipinski definition) is 7. The fourth-order valence-corrected chi connectivity index (χ4v) is 8.52. The van der Waals surface area contributed by atoms with Crippen molar-refractivity contribution in [2.45, 2.75) is 109 Å². The molecular formula is C27H36F2O7. The predicted molar refractivity (Wildman–Crippen MR) is 123 cm³/mol. The quantitative estimate of drug-likeness (QED) is 0.565. The molecule has 0 spiro atoms. The first-order valence-corrected chi connectivity index (χ1v) is 13.1. The molecule has 200 valence electrons. The summed E-state index contributed by atoms with van der Waals surface area (Å²) in [6.07, 6.45) is -1.67. The summed E-state index contributed by atoms with van der Waals surface area (Å²) < 4.78 is 50.6. The lowest BCUT2D eigenvalue weighted by molar-refractivity contribution is -0.242. The number of rotatable bonds is 5. The van der Waals surface area contributed by atoms with Crippen LogP contribution < -0.4 is 0 Å². The van der Waals surface area contributed by atoms with Gasteiger partial charge < -0.3 is 19.3 Å². The molecule has 0 radical (unpaired) electrons. The summed E-state index contributed by atoms with van der Waals surface area (Å²) in [5, 5.41) is 11.5. The third-order valence-electron chi connectivity index (χ3n) is 10.2. The maximum Gasteiger partial charge on any atom is 0.303 e. The van der Waals surface area contributed by atoms with Crippen LogP contribution in [0.15, 0.2) is 11.6 Å². The minimum Gasteiger partial charge on any atom is -0.458 e. The van der Waals surface area contributed by atoms with E-state index in [2.05, 4.69) is 0 Å². The molecule has 0 amide bonds. The van der Waals surface area contributed by atoms with E-state index < -0.39 is 77.0 Å². The zero-order valence-electron chi connectivity index (χ0n) is 21.4. The predicted octanol–water partition coefficient (Wildman–Crippen LogP) is 3.55. The molecule has 0 aromatic heterocycles. The van der Waals surface area contributed by atoms with Crippen molar-refractivity contribution >= 4 is 17.5 Å². The fourth-order valence-electron chi connectivity index (χ4n) is 8.52. The Hall–Kier alpha value is -1.71. The number of halogens is 2. The molecule has 3 saturated carbocycles. The van der Waals surface area contributed by atoms with Gasteiger partial charge in [0.05, 0.1) is 12.2 Å². The van der Waals surface area contributed by atoms with Crippen LogP contribution in [-0.2, 0) is 28.6 Å². The van der Waals surface area contributed by atoms with Crippen LogP contribution in [0.2, 0.25) is 0 Å². The zero-order chi connectivity index (χ0) is 26.3. The zero-order valence-corrected chi connectivity index (χ0v) is 21.4. The number of carbonyl (C=O) groups is 3. The molecule has 5 rings (SSSR count). The number of alkyl halides is 2. The largest absolute Gasteiger partial charge is 0.458 e. The van der Waals surface area contributed by atoms with Crippen LogP contribution in [0.3, 0.4) is 0 Å². The molecule has 4 fully saturated rings. The lowest BCUT2D eigenvalue weighted by Gasteiger charge is -2.64. The van der Waals surface area contributed by atoms with Gasteiger partial charge in [-0.25, -0.2) is 8.78 Å². The van der Waals surface area contributed by atoms with Gasteiger partial charge in [-0.2, -0.15) is 0 Å². The van der Waals surface area contributed by atoms with Crippen molar-refractivity contribution in [3.05, 3.63) is 11.6 Å². The average molecular weight is 511 g/mol. The van der Waals surface area contributed by atoms with Crippen molar-refractivity contribution in [1.82, 2.24) is 0 Å². The second-order valence-corrected chi connectivity index (χ2v) is 11.9. The standard InChI is InChI=1S/C27H36F2O7/c1-5-6-23-35-22-11-16-17-10-19(28)18-9-15(31)7-8-24(18,3)26(17,29)20(32)12-25(16,4)27(22,36-23)21(33)13-34-14(2)30/h9,16-17,19-20,22-23,32H,5-8,10-13H2,1-4H3/t16-,17-,19-,20-,22+,23?,24-,25-,26-,27+/m0/s1. The molecule has 36 heavy (non-hydrogen) atoms. The van der Waals surface area contributed by atoms with Crippen molar-refractivity contribution in [2.24, 2.45) is 22.7 Å². The molecule has 5 aliphatic rings. The lowest BCUT2D eigenvalue weighted by atomic mass is 9.43. The highest BCUT2D eigenvalue weighted by Gasteiger charge is 2.80. The highest BCUT2D eigenvalue weighted by molar-refractivity contribution is 5.93. The van der Waals surface area contributed by atoms with Gasteiger partial charge in [0, 0.05) is 30.1 Å². The SMILES string of the molecule is CCCC1O[C@@H]2C[C@H]3[C@@H]4C[C@H](F)C5=CC(=O)CC[C@]5(C)[C@@]4(F)[C@@H](O)C[C@]3(C)[C@]2(C(=O)COC(C)=O)O1. The highest BCUT2D eigenvalue weighted by atomic mass is 19.1. The topological polar surface area (TPSA) is 99.1 Å². The van der Waals surface area contributed by atoms with Crippen LogP contribution in [0.1, 0.15) is 72.6 Å². The Bertz CT molecular complexity index is 1010. The maximum atomic E-state index is 17.4. The number of aliphatic hydroxyl groups is 1. The van der Waals surface area contributed by atoms with Crippen molar-refractivity contribution in [3.63, 3.8) is 0 Å². The molecule has 9 heteroatoms. The molecule has 0 aromatic carbocycles. The molecule has 1 saturated heterocycles. The number of ether oxygens (including phenoxy) is 3. The molecule has 1 aliphatic heterocycles. The van der Waals surface area contributed by atoms with Crippen LogP contribution in [0, 0.1) is 22.7 Å². The van der Waals surface area contributed by atoms with Gasteiger partial charge in [0.25, 0.3) is 0 Å². The smallest absolute Gasteiger partial charge is 0.303 e. The first-order chi connectivity index (χ1) is 16.8. The van der Waals surface area contributed by atoms with Crippen LogP contribution in [0.4, 0.5) is 8.78 Å². The second kappa shape index (κ2) is 8.40. The van der Waals surface area contributed by atoms with Crippen molar-refractivity contribution in [2.75, 3.05) is 6.61 Å². The molecule has 1 heterocycles. The van der Waals surface area contributed by atoms with Gasteiger partial charge in [-0.05, 0) is 49.7 Å². The molecule has 7 nitrogen and oxygen atoms in total. The van der Waals surface area contributed by atoms with Crippen molar-refractivity contribution in [3.8, 4) is 0 Å². The first-order valence-electron chi connectivity index (χ1n) is 13.1. The van der Waals surface area contributed by atoms with Gasteiger partial charge in [0.2, 0.25) is 5.78 Å². The molecular weight excluding hydrogens is 474 g/mol. The van der Waals surface area contributed by atoms with Crippen LogP contribution in [-0.4, -0.2) is 65.2 Å². The summed E-state index contributed by atoms with van der Waals surface area (Å²) in [4.78, 5) is 37.3. The minimum absolute atomic E-state index is 0.0943. The summed E-state index contributed by atoms with van der Waals surface area (Å²) in [5.41, 5.74) is -5.98. The summed E-state index contributed by atoms with van der Waals surface area (Å²) >= 11 is 0. The monoisotopic (exact) mass is 510 g/mol. The Morgan fingerprint density at radius 3 is 2.64 bits per heavy atom. The van der Waals surface area contributed by atoms with E-state index in [0.717, 1.165) is 6.42 Å². The van der Waals surface area contributed by atoms with Gasteiger partial charge in [0.1, 0.15) is 11.8 Å². The van der Waals surface area contributed by atoms with Gasteiger partial charge in [-0.3, -0.25) is 14.4 Å². The minimum atomic E-state index is -2.17. The van der Waals surface area contributed by atoms with E-state index in [1.807, 2.05) is 6.92 Å². The lowest BCUT2D eigenvalue weighted by Crippen LogP contribution is -2.71. The molecule has 0 aromatic rings. The third kappa shape index (κ3) is 3.14. The van der Waals surface area contributed by atoms with E-state index in [1.165, 1.54) is 13.0 Å². The molecule has 4 aliphatic carbocycles. The normalized spacial score (nSPS) is 49.4. The Morgan fingerprint density at radius 1 is 1.25 bits per heavy atom. The molecule has 1 unspecified atom stereocenters. The van der Waals surface area contributed by atoms with Crippen LogP contribution >= 0.6 is 0 Å². The number of aliphatic hydroxyl groups excluding tert-OH is 1. The van der Waals surface area contributed by atoms with Gasteiger partial charge in [0.15, 0.2) is 24.3 Å². The van der Waals surface area contributed by atoms with Gasteiger partial charge >= 0.3 is 5.97 Å². The van der Waals surface area contributed by atoms with E-state index in [-0.39, 0.29) is 43.5 Å². The van der Waals surface area contributed by atoms with Crippen molar-refractivity contribution < 1.29 is 42.5 Å². The summed E-state index contributed by atoms with van der Waals surface area (Å²) in [7, 11) is 0. The maximum absolute atomic E-state index is 17.4. The number of allylic oxidation sites excluding steroid dienone is 1. The Kier molecular flexibility index (Phi) is 6.05. The fraction of sp³-hybridized carbons (Fsp3) is 0.815. The van der Waals surface area contributed by atoms with E-state index in [9.17, 15) is 19.5 Å². The highest BCUT2D eigenvalue weighted by Crippen LogP contribution is 2.72. The van der Waals surface area contributed by atoms with E-state index in [1.54, 1.807) is 13.8 Å². The number of carbonyl (C=O) groups excluding carboxylic acids is 3. The number of esters is 1. The summed E-state index contributed by atoms with van der Waals surface area (Å²) in [6.45, 7) is 6.08. The Morgan fingerprint density at radius 2 is 1.97 bits per heavy atom. The Balaban J connectivity index is 1.59. The third-order valence-corrected chi connectivity index (χ3v) is 10.2. The van der Waals surface area contributed by atoms with E-state index >= 15 is 8.78 Å².